The minimum absolute atomic E-state index is 0.0500. The zero-order chi connectivity index (χ0) is 23.0. The topological polar surface area (TPSA) is 49.4 Å². The molecule has 0 aliphatic heterocycles. The number of hydrogen-bond donors (Lipinski definition) is 1. The molecule has 0 aliphatic carbocycles. The van der Waals surface area contributed by atoms with Gasteiger partial charge in [-0.25, -0.2) is 0 Å². The number of amides is 2. The molecule has 1 N–H and O–H groups in total. The third-order valence-electron chi connectivity index (χ3n) is 5.56. The first kappa shape index (κ1) is 25.2. The van der Waals surface area contributed by atoms with Crippen LogP contribution in [0.1, 0.15) is 57.2 Å². The summed E-state index contributed by atoms with van der Waals surface area (Å²) in [5.74, 6) is -0.229. The van der Waals surface area contributed by atoms with Gasteiger partial charge < -0.3 is 10.2 Å². The highest BCUT2D eigenvalue weighted by molar-refractivity contribution is 6.42. The maximum Gasteiger partial charge on any atom is 0.242 e. The van der Waals surface area contributed by atoms with E-state index < -0.39 is 6.04 Å². The second-order valence-corrected chi connectivity index (χ2v) is 8.75. The van der Waals surface area contributed by atoms with Crippen molar-refractivity contribution in [3.63, 3.8) is 0 Å². The first-order valence-electron chi connectivity index (χ1n) is 10.9. The smallest absolute Gasteiger partial charge is 0.242 e. The van der Waals surface area contributed by atoms with Crippen LogP contribution in [-0.4, -0.2) is 28.8 Å². The summed E-state index contributed by atoms with van der Waals surface area (Å²) in [4.78, 5) is 27.6. The molecule has 2 aromatic rings. The van der Waals surface area contributed by atoms with Crippen molar-refractivity contribution in [2.45, 2.75) is 72.0 Å². The van der Waals surface area contributed by atoms with E-state index in [2.05, 4.69) is 36.5 Å². The second-order valence-electron chi connectivity index (χ2n) is 7.93. The SMILES string of the molecule is CCc1ccc(CCC(=O)N(Cc2ccc(Cl)c(Cl)c2)C(C)C(=O)NC(C)CC)cc1. The Balaban J connectivity index is 2.16. The van der Waals surface area contributed by atoms with Crippen molar-refractivity contribution in [3.05, 3.63) is 69.2 Å². The molecule has 2 rings (SSSR count). The third-order valence-corrected chi connectivity index (χ3v) is 6.30. The van der Waals surface area contributed by atoms with Crippen molar-refractivity contribution in [1.29, 1.82) is 0 Å². The molecule has 0 saturated carbocycles. The zero-order valence-electron chi connectivity index (χ0n) is 18.8. The Labute approximate surface area is 195 Å². The van der Waals surface area contributed by atoms with Crippen molar-refractivity contribution in [3.8, 4) is 0 Å². The fourth-order valence-corrected chi connectivity index (χ4v) is 3.54. The molecule has 0 aromatic heterocycles. The lowest BCUT2D eigenvalue weighted by atomic mass is 10.0. The summed E-state index contributed by atoms with van der Waals surface area (Å²) in [7, 11) is 0. The Morgan fingerprint density at radius 1 is 0.935 bits per heavy atom. The molecule has 0 spiro atoms. The number of hydrogen-bond acceptors (Lipinski definition) is 2. The fraction of sp³-hybridized carbons (Fsp3) is 0.440. The lowest BCUT2D eigenvalue weighted by molar-refractivity contribution is -0.140. The molecule has 2 unspecified atom stereocenters. The van der Waals surface area contributed by atoms with Crippen molar-refractivity contribution >= 4 is 35.0 Å². The Bertz CT molecular complexity index is 884. The molecule has 0 heterocycles. The van der Waals surface area contributed by atoms with Crippen molar-refractivity contribution in [1.82, 2.24) is 10.2 Å². The molecule has 31 heavy (non-hydrogen) atoms. The van der Waals surface area contributed by atoms with Crippen molar-refractivity contribution in [2.75, 3.05) is 0 Å². The van der Waals surface area contributed by atoms with E-state index >= 15 is 0 Å². The molecule has 4 nitrogen and oxygen atoms in total. The maximum atomic E-state index is 13.2. The minimum Gasteiger partial charge on any atom is -0.352 e. The van der Waals surface area contributed by atoms with E-state index in [0.29, 0.717) is 29.4 Å². The standard InChI is InChI=1S/C25H32Cl2N2O2/c1-5-17(3)28-25(31)18(4)29(16-21-11-13-22(26)23(27)15-21)24(30)14-12-20-9-7-19(6-2)8-10-20/h7-11,13,15,17-18H,5-6,12,14,16H2,1-4H3,(H,28,31). The van der Waals surface area contributed by atoms with E-state index in [-0.39, 0.29) is 17.9 Å². The summed E-state index contributed by atoms with van der Waals surface area (Å²) in [6, 6.07) is 13.0. The van der Waals surface area contributed by atoms with Gasteiger partial charge in [-0.15, -0.1) is 0 Å². The van der Waals surface area contributed by atoms with E-state index in [1.54, 1.807) is 24.0 Å². The summed E-state index contributed by atoms with van der Waals surface area (Å²) in [6.45, 7) is 8.14. The van der Waals surface area contributed by atoms with Crippen LogP contribution < -0.4 is 5.32 Å². The molecule has 0 aliphatic rings. The number of carbonyl (C=O) groups excluding carboxylic acids is 2. The number of aryl methyl sites for hydroxylation is 2. The molecule has 0 bridgehead atoms. The van der Waals surface area contributed by atoms with Gasteiger partial charge in [0.25, 0.3) is 0 Å². The van der Waals surface area contributed by atoms with Gasteiger partial charge in [0.2, 0.25) is 11.8 Å². The van der Waals surface area contributed by atoms with Gasteiger partial charge in [-0.1, -0.05) is 67.4 Å². The third kappa shape index (κ3) is 7.55. The van der Waals surface area contributed by atoms with Crippen LogP contribution in [0, 0.1) is 0 Å². The largest absolute Gasteiger partial charge is 0.352 e. The first-order valence-corrected chi connectivity index (χ1v) is 11.6. The highest BCUT2D eigenvalue weighted by Gasteiger charge is 2.26. The molecule has 2 atom stereocenters. The summed E-state index contributed by atoms with van der Waals surface area (Å²) >= 11 is 12.2. The van der Waals surface area contributed by atoms with Gasteiger partial charge in [-0.05, 0) is 61.9 Å². The maximum absolute atomic E-state index is 13.2. The van der Waals surface area contributed by atoms with Crippen LogP contribution in [0.4, 0.5) is 0 Å². The summed E-state index contributed by atoms with van der Waals surface area (Å²) < 4.78 is 0. The number of nitrogens with zero attached hydrogens (tertiary/aromatic N) is 1. The Morgan fingerprint density at radius 3 is 2.13 bits per heavy atom. The molecule has 168 valence electrons. The van der Waals surface area contributed by atoms with Crippen molar-refractivity contribution < 1.29 is 9.59 Å². The van der Waals surface area contributed by atoms with Gasteiger partial charge in [0.1, 0.15) is 6.04 Å². The Morgan fingerprint density at radius 2 is 1.55 bits per heavy atom. The van der Waals surface area contributed by atoms with Gasteiger partial charge in [0, 0.05) is 19.0 Å². The number of rotatable bonds is 10. The monoisotopic (exact) mass is 462 g/mol. The van der Waals surface area contributed by atoms with Crippen LogP contribution in [0.3, 0.4) is 0 Å². The molecule has 0 fully saturated rings. The molecule has 6 heteroatoms. The lowest BCUT2D eigenvalue weighted by Gasteiger charge is -2.30. The molecule has 0 radical (unpaired) electrons. The summed E-state index contributed by atoms with van der Waals surface area (Å²) in [6.07, 6.45) is 2.76. The van der Waals surface area contributed by atoms with Gasteiger partial charge in [0.15, 0.2) is 0 Å². The van der Waals surface area contributed by atoms with Crippen LogP contribution in [0.15, 0.2) is 42.5 Å². The number of halogens is 2. The first-order chi connectivity index (χ1) is 14.7. The zero-order valence-corrected chi connectivity index (χ0v) is 20.3. The van der Waals surface area contributed by atoms with Crippen LogP contribution in [0.5, 0.6) is 0 Å². The van der Waals surface area contributed by atoms with Gasteiger partial charge in [0.05, 0.1) is 10.0 Å². The minimum atomic E-state index is -0.599. The van der Waals surface area contributed by atoms with Crippen LogP contribution in [-0.2, 0) is 29.0 Å². The molecule has 2 amide bonds. The number of benzene rings is 2. The predicted molar refractivity (Wildman–Crippen MR) is 129 cm³/mol. The highest BCUT2D eigenvalue weighted by atomic mass is 35.5. The molecule has 0 saturated heterocycles. The van der Waals surface area contributed by atoms with Gasteiger partial charge >= 0.3 is 0 Å². The van der Waals surface area contributed by atoms with Gasteiger partial charge in [-0.2, -0.15) is 0 Å². The highest BCUT2D eigenvalue weighted by Crippen LogP contribution is 2.24. The van der Waals surface area contributed by atoms with E-state index in [4.69, 9.17) is 23.2 Å². The van der Waals surface area contributed by atoms with Crippen LogP contribution in [0.2, 0.25) is 10.0 Å². The molecular formula is C25H32Cl2N2O2. The average molecular weight is 463 g/mol. The van der Waals surface area contributed by atoms with Crippen LogP contribution >= 0.6 is 23.2 Å². The summed E-state index contributed by atoms with van der Waals surface area (Å²) in [5.41, 5.74) is 3.21. The second kappa shape index (κ2) is 12.1. The van der Waals surface area contributed by atoms with Crippen LogP contribution in [0.25, 0.3) is 0 Å². The number of nitrogens with one attached hydrogen (secondary N) is 1. The van der Waals surface area contributed by atoms with E-state index in [1.807, 2.05) is 19.9 Å². The Hall–Kier alpha value is -2.04. The molecule has 2 aromatic carbocycles. The average Bonchev–Trinajstić information content (AvgIpc) is 2.77. The molecular weight excluding hydrogens is 431 g/mol. The number of carbonyl (C=O) groups is 2. The van der Waals surface area contributed by atoms with Gasteiger partial charge in [-0.3, -0.25) is 9.59 Å². The van der Waals surface area contributed by atoms with Crippen molar-refractivity contribution in [2.24, 2.45) is 0 Å². The summed E-state index contributed by atoms with van der Waals surface area (Å²) in [5, 5.41) is 3.87. The predicted octanol–water partition coefficient (Wildman–Crippen LogP) is 5.82. The fourth-order valence-electron chi connectivity index (χ4n) is 3.22. The lowest BCUT2D eigenvalue weighted by Crippen LogP contribution is -2.49. The van der Waals surface area contributed by atoms with E-state index in [9.17, 15) is 9.59 Å². The normalized spacial score (nSPS) is 12.8. The quantitative estimate of drug-likeness (QED) is 0.483. The van der Waals surface area contributed by atoms with E-state index in [0.717, 1.165) is 24.0 Å². The van der Waals surface area contributed by atoms with E-state index in [1.165, 1.54) is 5.56 Å². The Kier molecular flexibility index (Phi) is 9.86.